The summed E-state index contributed by atoms with van der Waals surface area (Å²) in [5.41, 5.74) is 1.87. The van der Waals surface area contributed by atoms with Gasteiger partial charge in [0.2, 0.25) is 0 Å². The Bertz CT molecular complexity index is 543. The standard InChI is InChI=1S/C14H15NO2S/c1-16-10-7-8-11(13(9-10)17-2)12-5-4-6-14(15-12)18-3/h4-9H,1-3H3. The van der Waals surface area contributed by atoms with Gasteiger partial charge >= 0.3 is 0 Å². The lowest BCUT2D eigenvalue weighted by Gasteiger charge is -2.10. The van der Waals surface area contributed by atoms with Crippen LogP contribution in [0.5, 0.6) is 11.5 Å². The fraction of sp³-hybridized carbons (Fsp3) is 0.214. The van der Waals surface area contributed by atoms with E-state index in [2.05, 4.69) is 4.98 Å². The van der Waals surface area contributed by atoms with Crippen molar-refractivity contribution in [1.29, 1.82) is 0 Å². The van der Waals surface area contributed by atoms with Crippen molar-refractivity contribution in [3.8, 4) is 22.8 Å². The molecule has 0 unspecified atom stereocenters. The van der Waals surface area contributed by atoms with E-state index in [4.69, 9.17) is 9.47 Å². The van der Waals surface area contributed by atoms with Crippen LogP contribution in [0, 0.1) is 0 Å². The van der Waals surface area contributed by atoms with Crippen LogP contribution in [0.25, 0.3) is 11.3 Å². The highest BCUT2D eigenvalue weighted by molar-refractivity contribution is 7.98. The number of hydrogen-bond donors (Lipinski definition) is 0. The van der Waals surface area contributed by atoms with E-state index in [-0.39, 0.29) is 0 Å². The van der Waals surface area contributed by atoms with Crippen molar-refractivity contribution in [2.75, 3.05) is 20.5 Å². The second kappa shape index (κ2) is 5.78. The molecule has 94 valence electrons. The summed E-state index contributed by atoms with van der Waals surface area (Å²) in [4.78, 5) is 4.57. The van der Waals surface area contributed by atoms with Crippen molar-refractivity contribution in [2.45, 2.75) is 5.03 Å². The van der Waals surface area contributed by atoms with Crippen LogP contribution in [0.1, 0.15) is 0 Å². The molecule has 0 saturated heterocycles. The lowest BCUT2D eigenvalue weighted by molar-refractivity contribution is 0.395. The van der Waals surface area contributed by atoms with Gasteiger partial charge in [-0.25, -0.2) is 4.98 Å². The molecule has 1 aromatic heterocycles. The molecule has 0 fully saturated rings. The fourth-order valence-corrected chi connectivity index (χ4v) is 2.09. The number of ether oxygens (including phenoxy) is 2. The van der Waals surface area contributed by atoms with E-state index < -0.39 is 0 Å². The molecule has 0 saturated carbocycles. The van der Waals surface area contributed by atoms with Crippen LogP contribution in [0.15, 0.2) is 41.4 Å². The van der Waals surface area contributed by atoms with Crippen LogP contribution in [0.4, 0.5) is 0 Å². The van der Waals surface area contributed by atoms with E-state index in [9.17, 15) is 0 Å². The van der Waals surface area contributed by atoms with Crippen molar-refractivity contribution in [3.05, 3.63) is 36.4 Å². The number of methoxy groups -OCH3 is 2. The van der Waals surface area contributed by atoms with Crippen LogP contribution in [0.3, 0.4) is 0 Å². The summed E-state index contributed by atoms with van der Waals surface area (Å²) in [6.07, 6.45) is 2.01. The molecule has 2 aromatic rings. The van der Waals surface area contributed by atoms with E-state index in [0.29, 0.717) is 0 Å². The first-order valence-electron chi connectivity index (χ1n) is 5.52. The van der Waals surface area contributed by atoms with E-state index in [1.54, 1.807) is 26.0 Å². The van der Waals surface area contributed by atoms with Crippen LogP contribution in [-0.4, -0.2) is 25.5 Å². The van der Waals surface area contributed by atoms with Crippen molar-refractivity contribution in [3.63, 3.8) is 0 Å². The summed E-state index contributed by atoms with van der Waals surface area (Å²) in [7, 11) is 3.29. The SMILES string of the molecule is COc1ccc(-c2cccc(SC)n2)c(OC)c1. The van der Waals surface area contributed by atoms with E-state index >= 15 is 0 Å². The maximum absolute atomic E-state index is 5.39. The lowest BCUT2D eigenvalue weighted by Crippen LogP contribution is -1.92. The van der Waals surface area contributed by atoms with Crippen LogP contribution >= 0.6 is 11.8 Å². The Morgan fingerprint density at radius 1 is 1.06 bits per heavy atom. The van der Waals surface area contributed by atoms with E-state index in [1.807, 2.05) is 42.7 Å². The normalized spacial score (nSPS) is 10.2. The molecule has 0 spiro atoms. The quantitative estimate of drug-likeness (QED) is 0.788. The van der Waals surface area contributed by atoms with E-state index in [0.717, 1.165) is 27.8 Å². The Morgan fingerprint density at radius 3 is 2.56 bits per heavy atom. The predicted octanol–water partition coefficient (Wildman–Crippen LogP) is 3.49. The molecule has 18 heavy (non-hydrogen) atoms. The zero-order chi connectivity index (χ0) is 13.0. The number of benzene rings is 1. The molecule has 1 heterocycles. The molecule has 0 aliphatic heterocycles. The number of aromatic nitrogens is 1. The summed E-state index contributed by atoms with van der Waals surface area (Å²) < 4.78 is 10.6. The molecule has 0 radical (unpaired) electrons. The van der Waals surface area contributed by atoms with Gasteiger partial charge < -0.3 is 9.47 Å². The first kappa shape index (κ1) is 12.8. The number of thioether (sulfide) groups is 1. The Hall–Kier alpha value is -1.68. The molecule has 4 heteroatoms. The van der Waals surface area contributed by atoms with E-state index in [1.165, 1.54) is 0 Å². The minimum Gasteiger partial charge on any atom is -0.497 e. The minimum absolute atomic E-state index is 0.764. The molecule has 0 bridgehead atoms. The highest BCUT2D eigenvalue weighted by atomic mass is 32.2. The topological polar surface area (TPSA) is 31.4 Å². The van der Waals surface area contributed by atoms with Crippen molar-refractivity contribution in [1.82, 2.24) is 4.98 Å². The molecule has 0 atom stereocenters. The zero-order valence-electron chi connectivity index (χ0n) is 10.6. The average Bonchev–Trinajstić information content (AvgIpc) is 2.46. The van der Waals surface area contributed by atoms with Crippen LogP contribution in [0.2, 0.25) is 0 Å². The summed E-state index contributed by atoms with van der Waals surface area (Å²) in [5.74, 6) is 1.54. The smallest absolute Gasteiger partial charge is 0.131 e. The third-order valence-electron chi connectivity index (χ3n) is 2.62. The van der Waals surface area contributed by atoms with Gasteiger partial charge in [-0.3, -0.25) is 0 Å². The Labute approximate surface area is 111 Å². The predicted molar refractivity (Wildman–Crippen MR) is 74.6 cm³/mol. The maximum atomic E-state index is 5.39. The number of nitrogens with zero attached hydrogens (tertiary/aromatic N) is 1. The van der Waals surface area contributed by atoms with Gasteiger partial charge in [0.15, 0.2) is 0 Å². The minimum atomic E-state index is 0.764. The first-order valence-corrected chi connectivity index (χ1v) is 6.74. The Morgan fingerprint density at radius 2 is 1.89 bits per heavy atom. The summed E-state index contributed by atoms with van der Waals surface area (Å²) in [5, 5.41) is 0.991. The molecule has 0 amide bonds. The fourth-order valence-electron chi connectivity index (χ4n) is 1.69. The van der Waals surface area contributed by atoms with Gasteiger partial charge in [-0.1, -0.05) is 6.07 Å². The third kappa shape index (κ3) is 2.59. The largest absolute Gasteiger partial charge is 0.497 e. The Kier molecular flexibility index (Phi) is 4.10. The van der Waals surface area contributed by atoms with Crippen molar-refractivity contribution in [2.24, 2.45) is 0 Å². The molecule has 1 aromatic carbocycles. The molecule has 0 N–H and O–H groups in total. The first-order chi connectivity index (χ1) is 8.78. The molecule has 3 nitrogen and oxygen atoms in total. The second-order valence-electron chi connectivity index (χ2n) is 3.63. The molecule has 0 aliphatic carbocycles. The molecule has 2 rings (SSSR count). The Balaban J connectivity index is 2.48. The van der Waals surface area contributed by atoms with Crippen LogP contribution in [-0.2, 0) is 0 Å². The number of rotatable bonds is 4. The van der Waals surface area contributed by atoms with Gasteiger partial charge in [-0.15, -0.1) is 11.8 Å². The summed E-state index contributed by atoms with van der Waals surface area (Å²) in [6, 6.07) is 11.7. The average molecular weight is 261 g/mol. The third-order valence-corrected chi connectivity index (χ3v) is 3.26. The van der Waals surface area contributed by atoms with Gasteiger partial charge in [-0.2, -0.15) is 0 Å². The summed E-state index contributed by atoms with van der Waals surface area (Å²) in [6.45, 7) is 0. The van der Waals surface area contributed by atoms with Gasteiger partial charge in [-0.05, 0) is 30.5 Å². The zero-order valence-corrected chi connectivity index (χ0v) is 11.5. The number of hydrogen-bond acceptors (Lipinski definition) is 4. The van der Waals surface area contributed by atoms with Gasteiger partial charge in [0.1, 0.15) is 11.5 Å². The highest BCUT2D eigenvalue weighted by Crippen LogP contribution is 2.32. The van der Waals surface area contributed by atoms with Crippen LogP contribution < -0.4 is 9.47 Å². The van der Waals surface area contributed by atoms with Gasteiger partial charge in [0, 0.05) is 11.6 Å². The summed E-state index contributed by atoms with van der Waals surface area (Å²) >= 11 is 1.62. The van der Waals surface area contributed by atoms with Gasteiger partial charge in [0.25, 0.3) is 0 Å². The lowest BCUT2D eigenvalue weighted by atomic mass is 10.1. The number of pyridine rings is 1. The highest BCUT2D eigenvalue weighted by Gasteiger charge is 2.09. The molecular weight excluding hydrogens is 246 g/mol. The maximum Gasteiger partial charge on any atom is 0.131 e. The molecule has 0 aliphatic rings. The molecular formula is C14H15NO2S. The monoisotopic (exact) mass is 261 g/mol. The second-order valence-corrected chi connectivity index (χ2v) is 4.46. The van der Waals surface area contributed by atoms with Gasteiger partial charge in [0.05, 0.1) is 24.9 Å². The van der Waals surface area contributed by atoms with Crippen molar-refractivity contribution < 1.29 is 9.47 Å². The van der Waals surface area contributed by atoms with Crippen molar-refractivity contribution >= 4 is 11.8 Å².